The molecule has 0 saturated heterocycles. The Labute approximate surface area is 95.8 Å². The molecule has 0 amide bonds. The van der Waals surface area contributed by atoms with E-state index in [-0.39, 0.29) is 5.82 Å². The first-order valence-electron chi connectivity index (χ1n) is 4.56. The third-order valence-corrected chi connectivity index (χ3v) is 3.07. The molecule has 0 aliphatic heterocycles. The molecule has 1 heterocycles. The van der Waals surface area contributed by atoms with Crippen LogP contribution in [0.25, 0.3) is 0 Å². The summed E-state index contributed by atoms with van der Waals surface area (Å²) < 4.78 is 15.0. The van der Waals surface area contributed by atoms with Crippen molar-refractivity contribution in [2.45, 2.75) is 10.9 Å². The first-order chi connectivity index (χ1) is 7.66. The van der Waals surface area contributed by atoms with E-state index in [1.165, 1.54) is 17.8 Å². The van der Waals surface area contributed by atoms with Crippen molar-refractivity contribution >= 4 is 17.4 Å². The fourth-order valence-corrected chi connectivity index (χ4v) is 2.00. The molecule has 0 atom stereocenters. The van der Waals surface area contributed by atoms with Gasteiger partial charge < -0.3 is 5.73 Å². The van der Waals surface area contributed by atoms with Gasteiger partial charge in [0, 0.05) is 18.5 Å². The summed E-state index contributed by atoms with van der Waals surface area (Å²) in [6.45, 7) is 0. The number of rotatable bonds is 3. The number of anilines is 1. The molecule has 5 nitrogen and oxygen atoms in total. The molecule has 2 aromatic rings. The van der Waals surface area contributed by atoms with Crippen LogP contribution in [0.3, 0.4) is 0 Å². The van der Waals surface area contributed by atoms with Crippen LogP contribution in [0.4, 0.5) is 10.1 Å². The number of tetrazole rings is 1. The van der Waals surface area contributed by atoms with Crippen LogP contribution in [-0.2, 0) is 12.8 Å². The van der Waals surface area contributed by atoms with Crippen LogP contribution >= 0.6 is 11.8 Å². The van der Waals surface area contributed by atoms with E-state index in [1.54, 1.807) is 23.9 Å². The Morgan fingerprint density at radius 1 is 1.50 bits per heavy atom. The molecule has 0 saturated carbocycles. The predicted molar refractivity (Wildman–Crippen MR) is 59.2 cm³/mol. The van der Waals surface area contributed by atoms with Crippen LogP contribution in [0, 0.1) is 5.82 Å². The Morgan fingerprint density at radius 2 is 2.31 bits per heavy atom. The summed E-state index contributed by atoms with van der Waals surface area (Å²) in [6, 6.07) is 4.65. The van der Waals surface area contributed by atoms with Crippen molar-refractivity contribution < 1.29 is 4.39 Å². The van der Waals surface area contributed by atoms with E-state index in [9.17, 15) is 4.39 Å². The lowest BCUT2D eigenvalue weighted by atomic mass is 10.2. The van der Waals surface area contributed by atoms with Gasteiger partial charge in [-0.25, -0.2) is 9.07 Å². The molecule has 0 spiro atoms. The molecule has 16 heavy (non-hydrogen) atoms. The molecule has 0 aliphatic rings. The molecule has 0 unspecified atom stereocenters. The van der Waals surface area contributed by atoms with Crippen molar-refractivity contribution in [3.8, 4) is 0 Å². The van der Waals surface area contributed by atoms with Gasteiger partial charge in [-0.3, -0.25) is 0 Å². The fraction of sp³-hybridized carbons (Fsp3) is 0.222. The molecule has 7 heteroatoms. The van der Waals surface area contributed by atoms with Crippen LogP contribution in [0.2, 0.25) is 0 Å². The Kier molecular flexibility index (Phi) is 3.04. The zero-order valence-corrected chi connectivity index (χ0v) is 9.41. The Hall–Kier alpha value is -1.63. The number of thioether (sulfide) groups is 1. The largest absolute Gasteiger partial charge is 0.399 e. The number of nitrogen functional groups attached to an aromatic ring is 1. The van der Waals surface area contributed by atoms with E-state index >= 15 is 0 Å². The predicted octanol–water partition coefficient (Wildman–Crippen LogP) is 1.22. The Bertz CT molecular complexity index is 498. The number of hydrogen-bond donors (Lipinski definition) is 1. The monoisotopic (exact) mass is 239 g/mol. The van der Waals surface area contributed by atoms with E-state index in [2.05, 4.69) is 15.5 Å². The summed E-state index contributed by atoms with van der Waals surface area (Å²) in [7, 11) is 1.74. The Morgan fingerprint density at radius 3 is 2.94 bits per heavy atom. The Balaban J connectivity index is 2.08. The fourth-order valence-electron chi connectivity index (χ4n) is 1.17. The van der Waals surface area contributed by atoms with Crippen LogP contribution < -0.4 is 5.73 Å². The molecular weight excluding hydrogens is 229 g/mol. The quantitative estimate of drug-likeness (QED) is 0.644. The van der Waals surface area contributed by atoms with Gasteiger partial charge in [-0.2, -0.15) is 0 Å². The molecule has 1 aromatic heterocycles. The molecule has 84 valence electrons. The maximum Gasteiger partial charge on any atom is 0.209 e. The summed E-state index contributed by atoms with van der Waals surface area (Å²) in [4.78, 5) is 0. The maximum absolute atomic E-state index is 13.4. The lowest BCUT2D eigenvalue weighted by Crippen LogP contribution is -1.95. The van der Waals surface area contributed by atoms with Crippen molar-refractivity contribution in [1.82, 2.24) is 20.2 Å². The molecule has 1 aromatic carbocycles. The lowest BCUT2D eigenvalue weighted by molar-refractivity contribution is 0.617. The lowest BCUT2D eigenvalue weighted by Gasteiger charge is -2.02. The topological polar surface area (TPSA) is 69.6 Å². The summed E-state index contributed by atoms with van der Waals surface area (Å²) in [5.41, 5.74) is 6.47. The average molecular weight is 239 g/mol. The van der Waals surface area contributed by atoms with Gasteiger partial charge in [0.15, 0.2) is 0 Å². The number of aryl methyl sites for hydroxylation is 1. The second-order valence-corrected chi connectivity index (χ2v) is 4.17. The third-order valence-electron chi connectivity index (χ3n) is 2.02. The number of nitrogens with zero attached hydrogens (tertiary/aromatic N) is 4. The van der Waals surface area contributed by atoms with Crippen molar-refractivity contribution in [2.75, 3.05) is 5.73 Å². The first kappa shape index (κ1) is 10.9. The van der Waals surface area contributed by atoms with Crippen LogP contribution in [0.5, 0.6) is 0 Å². The van der Waals surface area contributed by atoms with Gasteiger partial charge in [-0.1, -0.05) is 17.8 Å². The normalized spacial score (nSPS) is 10.6. The minimum atomic E-state index is -0.303. The SMILES string of the molecule is Cn1nnnc1SCc1ccc(N)cc1F. The highest BCUT2D eigenvalue weighted by Gasteiger charge is 2.07. The summed E-state index contributed by atoms with van der Waals surface area (Å²) in [5.74, 6) is 0.169. The van der Waals surface area contributed by atoms with Gasteiger partial charge >= 0.3 is 0 Å². The summed E-state index contributed by atoms with van der Waals surface area (Å²) in [6.07, 6.45) is 0. The maximum atomic E-state index is 13.4. The highest BCUT2D eigenvalue weighted by atomic mass is 32.2. The molecular formula is C9H10FN5S. The number of aromatic nitrogens is 4. The van der Waals surface area contributed by atoms with Crippen LogP contribution in [0.15, 0.2) is 23.4 Å². The van der Waals surface area contributed by atoms with E-state index in [0.29, 0.717) is 22.2 Å². The van der Waals surface area contributed by atoms with Crippen molar-refractivity contribution in [2.24, 2.45) is 7.05 Å². The highest BCUT2D eigenvalue weighted by Crippen LogP contribution is 2.22. The third kappa shape index (κ3) is 2.30. The van der Waals surface area contributed by atoms with Gasteiger partial charge in [0.05, 0.1) is 0 Å². The van der Waals surface area contributed by atoms with Crippen LogP contribution in [-0.4, -0.2) is 20.2 Å². The number of halogens is 1. The van der Waals surface area contributed by atoms with Gasteiger partial charge in [0.25, 0.3) is 0 Å². The van der Waals surface area contributed by atoms with E-state index in [4.69, 9.17) is 5.73 Å². The molecule has 0 bridgehead atoms. The smallest absolute Gasteiger partial charge is 0.209 e. The second-order valence-electron chi connectivity index (χ2n) is 3.22. The number of benzene rings is 1. The van der Waals surface area contributed by atoms with E-state index < -0.39 is 0 Å². The summed E-state index contributed by atoms with van der Waals surface area (Å²) >= 11 is 1.37. The van der Waals surface area contributed by atoms with Gasteiger partial charge in [-0.05, 0) is 28.1 Å². The molecule has 2 rings (SSSR count). The molecule has 0 fully saturated rings. The standard InChI is InChI=1S/C9H10FN5S/c1-15-9(12-13-14-15)16-5-6-2-3-7(11)4-8(6)10/h2-4H,5,11H2,1H3. The van der Waals surface area contributed by atoms with Crippen molar-refractivity contribution in [3.05, 3.63) is 29.6 Å². The number of hydrogen-bond acceptors (Lipinski definition) is 5. The molecule has 2 N–H and O–H groups in total. The van der Waals surface area contributed by atoms with Crippen molar-refractivity contribution in [3.63, 3.8) is 0 Å². The average Bonchev–Trinajstić information content (AvgIpc) is 2.63. The van der Waals surface area contributed by atoms with Gasteiger partial charge in [-0.15, -0.1) is 5.10 Å². The second kappa shape index (κ2) is 4.48. The van der Waals surface area contributed by atoms with E-state index in [0.717, 1.165) is 0 Å². The minimum absolute atomic E-state index is 0.303. The van der Waals surface area contributed by atoms with E-state index in [1.807, 2.05) is 0 Å². The highest BCUT2D eigenvalue weighted by molar-refractivity contribution is 7.98. The molecule has 0 aliphatic carbocycles. The zero-order valence-electron chi connectivity index (χ0n) is 8.59. The zero-order chi connectivity index (χ0) is 11.5. The molecule has 0 radical (unpaired) electrons. The van der Waals surface area contributed by atoms with Gasteiger partial charge in [0.1, 0.15) is 5.82 Å². The number of nitrogens with two attached hydrogens (primary N) is 1. The van der Waals surface area contributed by atoms with Gasteiger partial charge in [0.2, 0.25) is 5.16 Å². The first-order valence-corrected chi connectivity index (χ1v) is 5.54. The summed E-state index contributed by atoms with van der Waals surface area (Å²) in [5, 5.41) is 11.6. The minimum Gasteiger partial charge on any atom is -0.399 e. The van der Waals surface area contributed by atoms with Crippen LogP contribution in [0.1, 0.15) is 5.56 Å². The van der Waals surface area contributed by atoms with Crippen molar-refractivity contribution in [1.29, 1.82) is 0 Å².